The number of hydrogen-bond acceptors (Lipinski definition) is 1. The van der Waals surface area contributed by atoms with Gasteiger partial charge in [0.2, 0.25) is 0 Å². The van der Waals surface area contributed by atoms with Gasteiger partial charge in [-0.3, -0.25) is 0 Å². The highest BCUT2D eigenvalue weighted by molar-refractivity contribution is 6.31. The predicted octanol–water partition coefficient (Wildman–Crippen LogP) is 3.35. The minimum Gasteiger partial charge on any atom is -0.398 e. The van der Waals surface area contributed by atoms with Gasteiger partial charge in [-0.2, -0.15) is 0 Å². The molecule has 12 heavy (non-hydrogen) atoms. The fourth-order valence-electron chi connectivity index (χ4n) is 1.32. The summed E-state index contributed by atoms with van der Waals surface area (Å²) in [5.41, 5.74) is 8.94. The first-order chi connectivity index (χ1) is 5.52. The first-order valence-corrected chi connectivity index (χ1v) is 4.45. The molecule has 0 aromatic heterocycles. The molecular weight excluding hydrogens is 170 g/mol. The van der Waals surface area contributed by atoms with Crippen LogP contribution in [-0.2, 0) is 0 Å². The Kier molecular flexibility index (Phi) is 2.63. The van der Waals surface area contributed by atoms with Gasteiger partial charge >= 0.3 is 0 Å². The third kappa shape index (κ3) is 1.72. The van der Waals surface area contributed by atoms with Crippen molar-refractivity contribution in [2.75, 3.05) is 5.73 Å². The Morgan fingerprint density at radius 3 is 2.42 bits per heavy atom. The van der Waals surface area contributed by atoms with Crippen molar-refractivity contribution in [2.45, 2.75) is 26.7 Å². The van der Waals surface area contributed by atoms with Gasteiger partial charge in [-0.05, 0) is 36.1 Å². The Balaban J connectivity index is 3.28. The minimum absolute atomic E-state index is 0.478. The average Bonchev–Trinajstić information content (AvgIpc) is 1.96. The van der Waals surface area contributed by atoms with Crippen LogP contribution in [0.3, 0.4) is 0 Å². The van der Waals surface area contributed by atoms with E-state index in [-0.39, 0.29) is 0 Å². The Hall–Kier alpha value is -0.690. The molecule has 0 radical (unpaired) electrons. The summed E-state index contributed by atoms with van der Waals surface area (Å²) in [7, 11) is 0. The van der Waals surface area contributed by atoms with Gasteiger partial charge in [0.05, 0.1) is 0 Å². The fraction of sp³-hybridized carbons (Fsp3) is 0.400. The highest BCUT2D eigenvalue weighted by Gasteiger charge is 2.06. The summed E-state index contributed by atoms with van der Waals surface area (Å²) in [6, 6.07) is 3.78. The minimum atomic E-state index is 0.478. The molecule has 66 valence electrons. The van der Waals surface area contributed by atoms with Crippen LogP contribution < -0.4 is 5.73 Å². The topological polar surface area (TPSA) is 26.0 Å². The molecule has 0 atom stereocenters. The highest BCUT2D eigenvalue weighted by Crippen LogP contribution is 2.27. The second kappa shape index (κ2) is 3.36. The summed E-state index contributed by atoms with van der Waals surface area (Å²) in [6.45, 7) is 6.30. The van der Waals surface area contributed by atoms with Gasteiger partial charge in [-0.25, -0.2) is 0 Å². The second-order valence-corrected chi connectivity index (χ2v) is 3.80. The normalized spacial score (nSPS) is 10.8. The van der Waals surface area contributed by atoms with E-state index < -0.39 is 0 Å². The van der Waals surface area contributed by atoms with Crippen LogP contribution in [0.2, 0.25) is 5.02 Å². The number of nitrogens with two attached hydrogens (primary N) is 1. The van der Waals surface area contributed by atoms with Crippen LogP contribution in [0.4, 0.5) is 5.69 Å². The summed E-state index contributed by atoms with van der Waals surface area (Å²) in [5.74, 6) is 0.478. The van der Waals surface area contributed by atoms with Crippen LogP contribution >= 0.6 is 11.6 Å². The van der Waals surface area contributed by atoms with E-state index >= 15 is 0 Å². The molecule has 2 heteroatoms. The largest absolute Gasteiger partial charge is 0.398 e. The van der Waals surface area contributed by atoms with E-state index in [9.17, 15) is 0 Å². The lowest BCUT2D eigenvalue weighted by atomic mass is 9.97. The van der Waals surface area contributed by atoms with E-state index in [1.54, 1.807) is 6.07 Å². The standard InChI is InChI=1S/C10H14ClN/c1-6(2)9-4-8(11)5-10(12)7(9)3/h4-6H,12H2,1-3H3. The molecule has 1 aromatic rings. The molecule has 0 saturated carbocycles. The second-order valence-electron chi connectivity index (χ2n) is 3.36. The Morgan fingerprint density at radius 1 is 1.33 bits per heavy atom. The number of hydrogen-bond donors (Lipinski definition) is 1. The number of nitrogen functional groups attached to an aromatic ring is 1. The summed E-state index contributed by atoms with van der Waals surface area (Å²) in [6.07, 6.45) is 0. The van der Waals surface area contributed by atoms with Crippen molar-refractivity contribution in [3.05, 3.63) is 28.3 Å². The van der Waals surface area contributed by atoms with E-state index in [0.717, 1.165) is 16.3 Å². The number of rotatable bonds is 1. The summed E-state index contributed by atoms with van der Waals surface area (Å²) >= 11 is 5.89. The van der Waals surface area contributed by atoms with Gasteiger partial charge in [0.25, 0.3) is 0 Å². The molecule has 0 spiro atoms. The molecule has 0 aliphatic heterocycles. The van der Waals surface area contributed by atoms with E-state index in [1.807, 2.05) is 13.0 Å². The zero-order chi connectivity index (χ0) is 9.30. The van der Waals surface area contributed by atoms with E-state index in [2.05, 4.69) is 13.8 Å². The molecule has 0 saturated heterocycles. The van der Waals surface area contributed by atoms with Gasteiger partial charge in [0.15, 0.2) is 0 Å². The Bertz CT molecular complexity index is 292. The van der Waals surface area contributed by atoms with Crippen molar-refractivity contribution in [2.24, 2.45) is 0 Å². The monoisotopic (exact) mass is 183 g/mol. The average molecular weight is 184 g/mol. The lowest BCUT2D eigenvalue weighted by molar-refractivity contribution is 0.857. The van der Waals surface area contributed by atoms with Crippen LogP contribution in [0, 0.1) is 6.92 Å². The molecule has 0 aliphatic rings. The van der Waals surface area contributed by atoms with Gasteiger partial charge < -0.3 is 5.73 Å². The number of anilines is 1. The smallest absolute Gasteiger partial charge is 0.0429 e. The molecule has 1 nitrogen and oxygen atoms in total. The van der Waals surface area contributed by atoms with Crippen molar-refractivity contribution in [1.29, 1.82) is 0 Å². The molecule has 0 fully saturated rings. The maximum atomic E-state index is 5.89. The molecule has 2 N–H and O–H groups in total. The van der Waals surface area contributed by atoms with Crippen LogP contribution in [0.1, 0.15) is 30.9 Å². The molecular formula is C10H14ClN. The van der Waals surface area contributed by atoms with Crippen molar-refractivity contribution >= 4 is 17.3 Å². The molecule has 1 rings (SSSR count). The first kappa shape index (κ1) is 9.40. The van der Waals surface area contributed by atoms with E-state index in [0.29, 0.717) is 5.92 Å². The molecule has 0 aliphatic carbocycles. The van der Waals surface area contributed by atoms with Crippen LogP contribution in [-0.4, -0.2) is 0 Å². The fourth-order valence-corrected chi connectivity index (χ4v) is 1.56. The predicted molar refractivity (Wildman–Crippen MR) is 54.7 cm³/mol. The quantitative estimate of drug-likeness (QED) is 0.664. The van der Waals surface area contributed by atoms with Gasteiger partial charge in [-0.15, -0.1) is 0 Å². The van der Waals surface area contributed by atoms with Crippen molar-refractivity contribution < 1.29 is 0 Å². The van der Waals surface area contributed by atoms with Crippen LogP contribution in [0.25, 0.3) is 0 Å². The third-order valence-corrected chi connectivity index (χ3v) is 2.29. The van der Waals surface area contributed by atoms with Crippen LogP contribution in [0.15, 0.2) is 12.1 Å². The van der Waals surface area contributed by atoms with Gasteiger partial charge in [0, 0.05) is 10.7 Å². The molecule has 0 amide bonds. The zero-order valence-corrected chi connectivity index (χ0v) is 8.44. The lowest BCUT2D eigenvalue weighted by Crippen LogP contribution is -1.97. The van der Waals surface area contributed by atoms with E-state index in [1.165, 1.54) is 5.56 Å². The molecule has 0 bridgehead atoms. The molecule has 0 heterocycles. The highest BCUT2D eigenvalue weighted by atomic mass is 35.5. The zero-order valence-electron chi connectivity index (χ0n) is 7.69. The Morgan fingerprint density at radius 2 is 1.92 bits per heavy atom. The summed E-state index contributed by atoms with van der Waals surface area (Å²) in [4.78, 5) is 0. The van der Waals surface area contributed by atoms with Crippen LogP contribution in [0.5, 0.6) is 0 Å². The Labute approximate surface area is 78.5 Å². The number of benzene rings is 1. The maximum Gasteiger partial charge on any atom is 0.0429 e. The summed E-state index contributed by atoms with van der Waals surface area (Å²) in [5, 5.41) is 0.724. The molecule has 1 aromatic carbocycles. The van der Waals surface area contributed by atoms with Crippen molar-refractivity contribution in [3.8, 4) is 0 Å². The van der Waals surface area contributed by atoms with Crippen molar-refractivity contribution in [1.82, 2.24) is 0 Å². The summed E-state index contributed by atoms with van der Waals surface area (Å²) < 4.78 is 0. The first-order valence-electron chi connectivity index (χ1n) is 4.08. The van der Waals surface area contributed by atoms with Crippen molar-refractivity contribution in [3.63, 3.8) is 0 Å². The third-order valence-electron chi connectivity index (χ3n) is 2.07. The lowest BCUT2D eigenvalue weighted by Gasteiger charge is -2.12. The maximum absolute atomic E-state index is 5.89. The number of halogens is 1. The molecule has 0 unspecified atom stereocenters. The van der Waals surface area contributed by atoms with Gasteiger partial charge in [0.1, 0.15) is 0 Å². The van der Waals surface area contributed by atoms with Gasteiger partial charge in [-0.1, -0.05) is 25.4 Å². The SMILES string of the molecule is Cc1c(N)cc(Cl)cc1C(C)C. The van der Waals surface area contributed by atoms with E-state index in [4.69, 9.17) is 17.3 Å².